The molecule has 0 radical (unpaired) electrons. The second-order valence-electron chi connectivity index (χ2n) is 7.50. The minimum atomic E-state index is -0.455. The molecule has 1 fully saturated rings. The lowest BCUT2D eigenvalue weighted by Gasteiger charge is -2.27. The number of pyridine rings is 1. The number of ether oxygens (including phenoxy) is 2. The molecule has 5 rings (SSSR count). The van der Waals surface area contributed by atoms with Crippen LogP contribution in [-0.2, 0) is 28.9 Å². The number of aromatic nitrogens is 3. The Hall–Kier alpha value is -2.78. The molecule has 0 saturated carbocycles. The molecule has 0 bridgehead atoms. The van der Waals surface area contributed by atoms with Crippen molar-refractivity contribution in [2.24, 2.45) is 0 Å². The zero-order valence-corrected chi connectivity index (χ0v) is 17.4. The molecule has 1 aliphatic carbocycles. The van der Waals surface area contributed by atoms with Crippen LogP contribution in [-0.4, -0.2) is 47.2 Å². The van der Waals surface area contributed by atoms with E-state index in [9.17, 15) is 4.79 Å². The maximum Gasteiger partial charge on any atom is 0.340 e. The van der Waals surface area contributed by atoms with Crippen molar-refractivity contribution in [1.82, 2.24) is 15.0 Å². The number of thiophene rings is 1. The van der Waals surface area contributed by atoms with Gasteiger partial charge in [-0.3, -0.25) is 0 Å². The summed E-state index contributed by atoms with van der Waals surface area (Å²) in [6, 6.07) is 3.56. The third-order valence-corrected chi connectivity index (χ3v) is 6.73. The molecular weight excluding hydrogens is 402 g/mol. The molecule has 30 heavy (non-hydrogen) atoms. The molecule has 1 aliphatic heterocycles. The van der Waals surface area contributed by atoms with Crippen molar-refractivity contribution < 1.29 is 14.3 Å². The smallest absolute Gasteiger partial charge is 0.340 e. The van der Waals surface area contributed by atoms with Gasteiger partial charge in [0.2, 0.25) is 0 Å². The van der Waals surface area contributed by atoms with Crippen molar-refractivity contribution >= 4 is 39.2 Å². The summed E-state index contributed by atoms with van der Waals surface area (Å²) in [5, 5.41) is 0.979. The molecule has 156 valence electrons. The van der Waals surface area contributed by atoms with Crippen molar-refractivity contribution in [2.45, 2.75) is 32.3 Å². The first-order chi connectivity index (χ1) is 14.7. The zero-order valence-electron chi connectivity index (χ0n) is 16.6. The summed E-state index contributed by atoms with van der Waals surface area (Å²) in [6.45, 7) is 2.94. The summed E-state index contributed by atoms with van der Waals surface area (Å²) in [6.07, 6.45) is 6.03. The molecule has 9 heteroatoms. The Bertz CT molecular complexity index is 1080. The van der Waals surface area contributed by atoms with Crippen molar-refractivity contribution in [3.63, 3.8) is 0 Å². The Morgan fingerprint density at radius 2 is 2.03 bits per heavy atom. The number of anilines is 2. The Morgan fingerprint density at radius 3 is 2.83 bits per heavy atom. The van der Waals surface area contributed by atoms with Crippen LogP contribution in [0.4, 0.5) is 11.6 Å². The Labute approximate surface area is 178 Å². The molecular formula is C21H23N5O3S. The largest absolute Gasteiger partial charge is 0.454 e. The summed E-state index contributed by atoms with van der Waals surface area (Å²) in [7, 11) is 0. The second-order valence-corrected chi connectivity index (χ2v) is 8.58. The fourth-order valence-electron chi connectivity index (χ4n) is 4.00. The van der Waals surface area contributed by atoms with Crippen molar-refractivity contribution in [3.05, 3.63) is 40.2 Å². The minimum absolute atomic E-state index is 0.0211. The number of nitrogen functional groups attached to an aromatic ring is 1. The number of carbonyl (C=O) groups is 1. The van der Waals surface area contributed by atoms with Gasteiger partial charge in [-0.2, -0.15) is 0 Å². The summed E-state index contributed by atoms with van der Waals surface area (Å²) < 4.78 is 10.8. The summed E-state index contributed by atoms with van der Waals surface area (Å²) in [4.78, 5) is 30.2. The van der Waals surface area contributed by atoms with Gasteiger partial charge in [0.25, 0.3) is 0 Å². The van der Waals surface area contributed by atoms with Crippen LogP contribution in [0.5, 0.6) is 0 Å². The van der Waals surface area contributed by atoms with Crippen molar-refractivity contribution in [1.29, 1.82) is 0 Å². The third kappa shape index (κ3) is 3.70. The van der Waals surface area contributed by atoms with Gasteiger partial charge in [-0.05, 0) is 43.4 Å². The number of carbonyl (C=O) groups excluding carboxylic acids is 1. The lowest BCUT2D eigenvalue weighted by Crippen LogP contribution is -2.36. The molecule has 0 amide bonds. The lowest BCUT2D eigenvalue weighted by molar-refractivity contribution is 0.0462. The van der Waals surface area contributed by atoms with E-state index in [1.807, 2.05) is 6.07 Å². The van der Waals surface area contributed by atoms with Gasteiger partial charge < -0.3 is 20.1 Å². The number of nitrogens with zero attached hydrogens (tertiary/aromatic N) is 4. The SMILES string of the molecule is Nc1nc(COC(=O)c2ccc(N3CCOCC3)nc2)nc2sc3c(c12)CCCC3. The van der Waals surface area contributed by atoms with Crippen LogP contribution in [0.25, 0.3) is 10.2 Å². The molecule has 8 nitrogen and oxygen atoms in total. The van der Waals surface area contributed by atoms with Crippen LogP contribution in [0.2, 0.25) is 0 Å². The predicted octanol–water partition coefficient (Wildman–Crippen LogP) is 2.74. The second kappa shape index (κ2) is 8.16. The van der Waals surface area contributed by atoms with Crippen LogP contribution in [0, 0.1) is 0 Å². The standard InChI is InChI=1S/C21H23N5O3S/c22-19-18-14-3-1-2-4-15(14)30-20(18)25-16(24-19)12-29-21(27)13-5-6-17(23-11-13)26-7-9-28-10-8-26/h5-6,11H,1-4,7-10,12H2,(H2,22,24,25). The monoisotopic (exact) mass is 425 g/mol. The van der Waals surface area contributed by atoms with E-state index in [0.717, 1.165) is 42.0 Å². The van der Waals surface area contributed by atoms with E-state index < -0.39 is 5.97 Å². The summed E-state index contributed by atoms with van der Waals surface area (Å²) >= 11 is 1.68. The summed E-state index contributed by atoms with van der Waals surface area (Å²) in [5.41, 5.74) is 7.92. The highest BCUT2D eigenvalue weighted by atomic mass is 32.1. The van der Waals surface area contributed by atoms with E-state index in [-0.39, 0.29) is 6.61 Å². The van der Waals surface area contributed by atoms with Crippen LogP contribution in [0.3, 0.4) is 0 Å². The normalized spacial score (nSPS) is 16.5. The Morgan fingerprint density at radius 1 is 1.20 bits per heavy atom. The number of aryl methyl sites for hydroxylation is 2. The lowest BCUT2D eigenvalue weighted by atomic mass is 9.97. The third-order valence-electron chi connectivity index (χ3n) is 5.54. The minimum Gasteiger partial charge on any atom is -0.454 e. The highest BCUT2D eigenvalue weighted by Gasteiger charge is 2.20. The van der Waals surface area contributed by atoms with Crippen molar-refractivity contribution in [2.75, 3.05) is 36.9 Å². The van der Waals surface area contributed by atoms with Gasteiger partial charge in [0.15, 0.2) is 12.4 Å². The zero-order chi connectivity index (χ0) is 20.5. The maximum atomic E-state index is 12.4. The highest BCUT2D eigenvalue weighted by molar-refractivity contribution is 7.19. The number of rotatable bonds is 4. The Balaban J connectivity index is 1.27. The summed E-state index contributed by atoms with van der Waals surface area (Å²) in [5.74, 6) is 1.27. The van der Waals surface area contributed by atoms with Crippen LogP contribution < -0.4 is 10.6 Å². The molecule has 0 atom stereocenters. The van der Waals surface area contributed by atoms with Gasteiger partial charge in [-0.15, -0.1) is 11.3 Å². The quantitative estimate of drug-likeness (QED) is 0.637. The van der Waals surface area contributed by atoms with Gasteiger partial charge in [0.05, 0.1) is 24.2 Å². The van der Waals surface area contributed by atoms with Crippen LogP contribution >= 0.6 is 11.3 Å². The molecule has 1 saturated heterocycles. The first kappa shape index (κ1) is 19.2. The number of esters is 1. The van der Waals surface area contributed by atoms with Gasteiger partial charge in [-0.25, -0.2) is 19.7 Å². The van der Waals surface area contributed by atoms with E-state index in [1.54, 1.807) is 23.6 Å². The number of hydrogen-bond acceptors (Lipinski definition) is 9. The topological polar surface area (TPSA) is 103 Å². The molecule has 0 aromatic carbocycles. The van der Waals surface area contributed by atoms with E-state index >= 15 is 0 Å². The molecule has 3 aromatic rings. The first-order valence-corrected chi connectivity index (χ1v) is 11.0. The predicted molar refractivity (Wildman–Crippen MR) is 115 cm³/mol. The number of fused-ring (bicyclic) bond motifs is 3. The van der Waals surface area contributed by atoms with Gasteiger partial charge in [0, 0.05) is 24.2 Å². The molecule has 0 spiro atoms. The van der Waals surface area contributed by atoms with Crippen molar-refractivity contribution in [3.8, 4) is 0 Å². The van der Waals surface area contributed by atoms with Crippen LogP contribution in [0.1, 0.15) is 39.5 Å². The number of nitrogens with two attached hydrogens (primary N) is 1. The Kier molecular flexibility index (Phi) is 5.22. The number of hydrogen-bond donors (Lipinski definition) is 1. The molecule has 3 aromatic heterocycles. The van der Waals surface area contributed by atoms with E-state index in [4.69, 9.17) is 15.2 Å². The van der Waals surface area contributed by atoms with E-state index in [1.165, 1.54) is 23.3 Å². The average molecular weight is 426 g/mol. The van der Waals surface area contributed by atoms with Gasteiger partial charge in [-0.1, -0.05) is 0 Å². The van der Waals surface area contributed by atoms with E-state index in [0.29, 0.717) is 30.4 Å². The molecule has 4 heterocycles. The molecule has 0 unspecified atom stereocenters. The molecule has 2 N–H and O–H groups in total. The highest BCUT2D eigenvalue weighted by Crippen LogP contribution is 2.37. The average Bonchev–Trinajstić information content (AvgIpc) is 3.17. The van der Waals surface area contributed by atoms with Crippen LogP contribution in [0.15, 0.2) is 18.3 Å². The van der Waals surface area contributed by atoms with Gasteiger partial charge in [0.1, 0.15) is 16.5 Å². The number of morpholine rings is 1. The fraction of sp³-hybridized carbons (Fsp3) is 0.429. The molecule has 2 aliphatic rings. The maximum absolute atomic E-state index is 12.4. The van der Waals surface area contributed by atoms with Gasteiger partial charge >= 0.3 is 5.97 Å². The van der Waals surface area contributed by atoms with E-state index in [2.05, 4.69) is 19.9 Å². The first-order valence-electron chi connectivity index (χ1n) is 10.2. The fourth-order valence-corrected chi connectivity index (χ4v) is 5.28.